The van der Waals surface area contributed by atoms with Gasteiger partial charge in [-0.25, -0.2) is 9.97 Å². The largest absolute Gasteiger partial charge is 0.325 e. The number of benzene rings is 3. The van der Waals surface area contributed by atoms with Crippen LogP contribution < -0.4 is 10.9 Å². The van der Waals surface area contributed by atoms with Gasteiger partial charge in [0.25, 0.3) is 5.56 Å². The number of aromatic nitrogens is 3. The molecule has 2 aromatic heterocycles. The number of carbonyl (C=O) groups excluding carboxylic acids is 1. The number of carbonyl (C=O) groups is 1. The molecule has 0 spiro atoms. The summed E-state index contributed by atoms with van der Waals surface area (Å²) in [5.41, 5.74) is 3.53. The predicted molar refractivity (Wildman–Crippen MR) is 120 cm³/mol. The molecule has 2 heterocycles. The fraction of sp³-hybridized carbons (Fsp3) is 0.0435. The van der Waals surface area contributed by atoms with Crippen LogP contribution in [0.15, 0.2) is 83.8 Å². The second-order valence-electron chi connectivity index (χ2n) is 6.79. The van der Waals surface area contributed by atoms with E-state index in [2.05, 4.69) is 15.3 Å². The Labute approximate surface area is 175 Å². The molecule has 0 radical (unpaired) electrons. The fourth-order valence-corrected chi connectivity index (χ4v) is 4.31. The Morgan fingerprint density at radius 1 is 0.967 bits per heavy atom. The lowest BCUT2D eigenvalue weighted by molar-refractivity contribution is -0.116. The third-order valence-corrected chi connectivity index (χ3v) is 5.83. The van der Waals surface area contributed by atoms with Crippen molar-refractivity contribution in [1.82, 2.24) is 14.5 Å². The average Bonchev–Trinajstić information content (AvgIpc) is 3.20. The predicted octanol–water partition coefficient (Wildman–Crippen LogP) is 4.31. The highest BCUT2D eigenvalue weighted by Crippen LogP contribution is 2.31. The van der Waals surface area contributed by atoms with E-state index in [1.165, 1.54) is 10.8 Å². The zero-order valence-electron chi connectivity index (χ0n) is 15.8. The number of nitrogens with one attached hydrogen (secondary N) is 1. The summed E-state index contributed by atoms with van der Waals surface area (Å²) in [6.07, 6.45) is 1.24. The van der Waals surface area contributed by atoms with Crippen LogP contribution in [0.4, 0.5) is 5.69 Å². The van der Waals surface area contributed by atoms with Gasteiger partial charge in [0.05, 0.1) is 27.4 Å². The summed E-state index contributed by atoms with van der Waals surface area (Å²) in [6.45, 7) is -0.0900. The molecule has 0 saturated heterocycles. The van der Waals surface area contributed by atoms with Gasteiger partial charge in [-0.1, -0.05) is 36.4 Å². The SMILES string of the molecule is O=C(Cn1c(=O)cnc2ccccc21)Nc1cccc(-c2nc3ccccc3s2)c1. The summed E-state index contributed by atoms with van der Waals surface area (Å²) >= 11 is 1.61. The molecule has 6 nitrogen and oxygen atoms in total. The summed E-state index contributed by atoms with van der Waals surface area (Å²) in [5.74, 6) is -0.282. The van der Waals surface area contributed by atoms with Crippen LogP contribution in [-0.2, 0) is 11.3 Å². The molecule has 3 aromatic carbocycles. The zero-order chi connectivity index (χ0) is 20.5. The van der Waals surface area contributed by atoms with Crippen molar-refractivity contribution in [3.8, 4) is 10.6 Å². The van der Waals surface area contributed by atoms with Gasteiger partial charge in [-0.15, -0.1) is 11.3 Å². The fourth-order valence-electron chi connectivity index (χ4n) is 3.35. The monoisotopic (exact) mass is 412 g/mol. The summed E-state index contributed by atoms with van der Waals surface area (Å²) in [6, 6.07) is 22.8. The van der Waals surface area contributed by atoms with E-state index in [-0.39, 0.29) is 18.0 Å². The molecule has 0 aliphatic carbocycles. The topological polar surface area (TPSA) is 76.9 Å². The van der Waals surface area contributed by atoms with Crippen molar-refractivity contribution in [2.24, 2.45) is 0 Å². The third-order valence-electron chi connectivity index (χ3n) is 4.74. The minimum atomic E-state index is -0.313. The molecule has 0 saturated carbocycles. The van der Waals surface area contributed by atoms with Gasteiger partial charge in [0.15, 0.2) is 0 Å². The van der Waals surface area contributed by atoms with Gasteiger partial charge in [0.2, 0.25) is 5.91 Å². The third kappa shape index (κ3) is 3.46. The molecule has 1 N–H and O–H groups in total. The molecule has 0 atom stereocenters. The molecule has 0 fully saturated rings. The van der Waals surface area contributed by atoms with Crippen molar-refractivity contribution in [1.29, 1.82) is 0 Å². The first-order chi connectivity index (χ1) is 14.7. The summed E-state index contributed by atoms with van der Waals surface area (Å²) in [5, 5.41) is 3.78. The molecule has 5 rings (SSSR count). The number of amides is 1. The summed E-state index contributed by atoms with van der Waals surface area (Å²) < 4.78 is 2.54. The van der Waals surface area contributed by atoms with Crippen LogP contribution >= 0.6 is 11.3 Å². The van der Waals surface area contributed by atoms with Gasteiger partial charge < -0.3 is 5.32 Å². The van der Waals surface area contributed by atoms with Crippen molar-refractivity contribution in [2.75, 3.05) is 5.32 Å². The van der Waals surface area contributed by atoms with Crippen molar-refractivity contribution < 1.29 is 4.79 Å². The molecule has 146 valence electrons. The van der Waals surface area contributed by atoms with Crippen LogP contribution in [0.2, 0.25) is 0 Å². The quantitative estimate of drug-likeness (QED) is 0.477. The van der Waals surface area contributed by atoms with E-state index in [0.29, 0.717) is 16.7 Å². The minimum absolute atomic E-state index is 0.0900. The molecule has 5 aromatic rings. The average molecular weight is 412 g/mol. The Hall–Kier alpha value is -3.84. The maximum absolute atomic E-state index is 12.7. The molecule has 0 aliphatic rings. The lowest BCUT2D eigenvalue weighted by Gasteiger charge is -2.10. The van der Waals surface area contributed by atoms with Crippen LogP contribution in [0.1, 0.15) is 0 Å². The number of anilines is 1. The van der Waals surface area contributed by atoms with Gasteiger partial charge in [-0.05, 0) is 36.4 Å². The number of hydrogen-bond acceptors (Lipinski definition) is 5. The van der Waals surface area contributed by atoms with E-state index >= 15 is 0 Å². The first-order valence-corrected chi connectivity index (χ1v) is 10.2. The second kappa shape index (κ2) is 7.53. The molecule has 30 heavy (non-hydrogen) atoms. The number of thiazole rings is 1. The van der Waals surface area contributed by atoms with E-state index < -0.39 is 0 Å². The number of nitrogens with zero attached hydrogens (tertiary/aromatic N) is 3. The molecule has 1 amide bonds. The Bertz CT molecular complexity index is 1420. The van der Waals surface area contributed by atoms with E-state index in [0.717, 1.165) is 20.8 Å². The van der Waals surface area contributed by atoms with Gasteiger partial charge in [-0.2, -0.15) is 0 Å². The molecule has 7 heteroatoms. The van der Waals surface area contributed by atoms with Gasteiger partial charge in [0, 0.05) is 11.3 Å². The Kier molecular flexibility index (Phi) is 4.57. The van der Waals surface area contributed by atoms with Crippen LogP contribution in [0.5, 0.6) is 0 Å². The molecule has 0 aliphatic heterocycles. The second-order valence-corrected chi connectivity index (χ2v) is 7.82. The van der Waals surface area contributed by atoms with E-state index in [1.807, 2.05) is 66.7 Å². The maximum atomic E-state index is 12.7. The van der Waals surface area contributed by atoms with E-state index in [1.54, 1.807) is 17.4 Å². The van der Waals surface area contributed by atoms with E-state index in [9.17, 15) is 9.59 Å². The highest BCUT2D eigenvalue weighted by Gasteiger charge is 2.11. The van der Waals surface area contributed by atoms with Crippen molar-refractivity contribution in [2.45, 2.75) is 6.54 Å². The molecule has 0 unspecified atom stereocenters. The number of fused-ring (bicyclic) bond motifs is 2. The first-order valence-electron chi connectivity index (χ1n) is 9.38. The summed E-state index contributed by atoms with van der Waals surface area (Å²) in [4.78, 5) is 33.7. The Morgan fingerprint density at radius 3 is 2.63 bits per heavy atom. The van der Waals surface area contributed by atoms with E-state index in [4.69, 9.17) is 0 Å². The van der Waals surface area contributed by atoms with Crippen molar-refractivity contribution in [3.05, 3.63) is 89.3 Å². The lowest BCUT2D eigenvalue weighted by atomic mass is 10.2. The normalized spacial score (nSPS) is 11.1. The van der Waals surface area contributed by atoms with Gasteiger partial charge in [0.1, 0.15) is 11.6 Å². The van der Waals surface area contributed by atoms with Crippen LogP contribution in [0.25, 0.3) is 31.8 Å². The maximum Gasteiger partial charge on any atom is 0.269 e. The highest BCUT2D eigenvalue weighted by atomic mass is 32.1. The standard InChI is InChI=1S/C23H16N4O2S/c28-21(14-27-19-10-3-1-8-17(19)24-13-22(27)29)25-16-7-5-6-15(12-16)23-26-18-9-2-4-11-20(18)30-23/h1-13H,14H2,(H,25,28). The molecule has 0 bridgehead atoms. The first kappa shape index (κ1) is 18.2. The Balaban J connectivity index is 1.40. The molecular formula is C23H16N4O2S. The van der Waals surface area contributed by atoms with Crippen molar-refractivity contribution >= 4 is 44.2 Å². The molecular weight excluding hydrogens is 396 g/mol. The number of para-hydroxylation sites is 3. The zero-order valence-corrected chi connectivity index (χ0v) is 16.6. The lowest BCUT2D eigenvalue weighted by Crippen LogP contribution is -2.27. The Morgan fingerprint density at radius 2 is 1.77 bits per heavy atom. The van der Waals surface area contributed by atoms with Gasteiger partial charge >= 0.3 is 0 Å². The minimum Gasteiger partial charge on any atom is -0.325 e. The number of hydrogen-bond donors (Lipinski definition) is 1. The van der Waals surface area contributed by atoms with Crippen molar-refractivity contribution in [3.63, 3.8) is 0 Å². The summed E-state index contributed by atoms with van der Waals surface area (Å²) in [7, 11) is 0. The van der Waals surface area contributed by atoms with Gasteiger partial charge in [-0.3, -0.25) is 14.2 Å². The van der Waals surface area contributed by atoms with Crippen LogP contribution in [0, 0.1) is 0 Å². The number of rotatable bonds is 4. The van der Waals surface area contributed by atoms with Crippen LogP contribution in [0.3, 0.4) is 0 Å². The highest BCUT2D eigenvalue weighted by molar-refractivity contribution is 7.21. The van der Waals surface area contributed by atoms with Crippen LogP contribution in [-0.4, -0.2) is 20.4 Å². The smallest absolute Gasteiger partial charge is 0.269 e.